The van der Waals surface area contributed by atoms with E-state index in [0.717, 1.165) is 21.6 Å². The van der Waals surface area contributed by atoms with E-state index in [2.05, 4.69) is 0 Å². The Morgan fingerprint density at radius 1 is 1.00 bits per heavy atom. The lowest BCUT2D eigenvalue weighted by Gasteiger charge is -2.26. The Bertz CT molecular complexity index is 1220. The maximum absolute atomic E-state index is 13.2. The molecule has 1 N–H and O–H groups in total. The standard InChI is InChI=1S/C25H23NO4S/c1-14-7-5-6-8-19(14)26-21(24-15(2)11-12-31-24)20(23(28)25(26)29)22(27)18-10-9-17(30-4)13-16(18)3/h5-13,21,27H,1-4H3/b22-20+. The van der Waals surface area contributed by atoms with Gasteiger partial charge < -0.3 is 9.84 Å². The van der Waals surface area contributed by atoms with Crippen LogP contribution in [-0.2, 0) is 9.59 Å². The number of carbonyl (C=O) groups is 2. The maximum Gasteiger partial charge on any atom is 0.300 e. The molecular weight excluding hydrogens is 410 g/mol. The summed E-state index contributed by atoms with van der Waals surface area (Å²) < 4.78 is 5.25. The third kappa shape index (κ3) is 3.43. The number of benzene rings is 2. The molecule has 1 aromatic heterocycles. The second kappa shape index (κ2) is 8.04. The molecule has 31 heavy (non-hydrogen) atoms. The van der Waals surface area contributed by atoms with Gasteiger partial charge in [0, 0.05) is 16.1 Å². The van der Waals surface area contributed by atoms with Crippen molar-refractivity contribution >= 4 is 34.5 Å². The number of nitrogens with zero attached hydrogens (tertiary/aromatic N) is 1. The Labute approximate surface area is 185 Å². The predicted molar refractivity (Wildman–Crippen MR) is 123 cm³/mol. The summed E-state index contributed by atoms with van der Waals surface area (Å²) in [6, 6.07) is 14.0. The van der Waals surface area contributed by atoms with E-state index in [9.17, 15) is 14.7 Å². The molecule has 1 amide bonds. The monoisotopic (exact) mass is 433 g/mol. The van der Waals surface area contributed by atoms with Gasteiger partial charge in [-0.25, -0.2) is 0 Å². The van der Waals surface area contributed by atoms with Crippen molar-refractivity contribution in [1.82, 2.24) is 0 Å². The minimum atomic E-state index is -0.692. The smallest absolute Gasteiger partial charge is 0.300 e. The van der Waals surface area contributed by atoms with E-state index in [1.165, 1.54) is 16.2 Å². The van der Waals surface area contributed by atoms with Crippen LogP contribution in [0.4, 0.5) is 5.69 Å². The van der Waals surface area contributed by atoms with Crippen molar-refractivity contribution in [2.24, 2.45) is 0 Å². The first kappa shape index (κ1) is 20.9. The van der Waals surface area contributed by atoms with Crippen LogP contribution >= 0.6 is 11.3 Å². The lowest BCUT2D eigenvalue weighted by Crippen LogP contribution is -2.30. The molecule has 2 heterocycles. The van der Waals surface area contributed by atoms with Gasteiger partial charge >= 0.3 is 0 Å². The minimum Gasteiger partial charge on any atom is -0.507 e. The molecule has 1 fully saturated rings. The van der Waals surface area contributed by atoms with Crippen LogP contribution in [0.1, 0.15) is 33.2 Å². The molecule has 1 saturated heterocycles. The number of rotatable bonds is 4. The number of hydrogen-bond acceptors (Lipinski definition) is 5. The number of Topliss-reactive ketones (excluding diaryl/α,β-unsaturated/α-hetero) is 1. The molecule has 1 aliphatic rings. The fourth-order valence-corrected chi connectivity index (χ4v) is 5.03. The molecule has 1 aliphatic heterocycles. The number of aliphatic hydroxyl groups excluding tert-OH is 1. The van der Waals surface area contributed by atoms with Gasteiger partial charge in [-0.2, -0.15) is 0 Å². The number of ether oxygens (including phenoxy) is 1. The van der Waals surface area contributed by atoms with Gasteiger partial charge in [0.25, 0.3) is 11.7 Å². The molecule has 1 unspecified atom stereocenters. The molecule has 0 radical (unpaired) electrons. The number of ketones is 1. The Kier molecular flexibility index (Phi) is 5.41. The summed E-state index contributed by atoms with van der Waals surface area (Å²) >= 11 is 1.47. The lowest BCUT2D eigenvalue weighted by molar-refractivity contribution is -0.132. The van der Waals surface area contributed by atoms with Gasteiger partial charge in [0.05, 0.1) is 12.7 Å². The molecule has 0 spiro atoms. The average Bonchev–Trinajstić information content (AvgIpc) is 3.28. The predicted octanol–water partition coefficient (Wildman–Crippen LogP) is 5.31. The first-order chi connectivity index (χ1) is 14.8. The molecule has 2 aromatic carbocycles. The van der Waals surface area contributed by atoms with E-state index in [-0.39, 0.29) is 11.3 Å². The molecule has 6 heteroatoms. The van der Waals surface area contributed by atoms with Gasteiger partial charge in [0.15, 0.2) is 0 Å². The Balaban J connectivity index is 1.98. The summed E-state index contributed by atoms with van der Waals surface area (Å²) in [6.45, 7) is 5.68. The van der Waals surface area contributed by atoms with Crippen molar-refractivity contribution in [2.75, 3.05) is 12.0 Å². The van der Waals surface area contributed by atoms with E-state index in [4.69, 9.17) is 4.74 Å². The van der Waals surface area contributed by atoms with Crippen LogP contribution in [0.2, 0.25) is 0 Å². The highest BCUT2D eigenvalue weighted by Crippen LogP contribution is 2.45. The number of aliphatic hydroxyl groups is 1. The van der Waals surface area contributed by atoms with Crippen LogP contribution in [0.5, 0.6) is 5.75 Å². The van der Waals surface area contributed by atoms with Crippen LogP contribution in [0.3, 0.4) is 0 Å². The summed E-state index contributed by atoms with van der Waals surface area (Å²) in [5, 5.41) is 13.2. The number of para-hydroxylation sites is 1. The minimum absolute atomic E-state index is 0.104. The number of aryl methyl sites for hydroxylation is 3. The van der Waals surface area contributed by atoms with E-state index < -0.39 is 17.7 Å². The first-order valence-electron chi connectivity index (χ1n) is 9.90. The molecule has 3 aromatic rings. The van der Waals surface area contributed by atoms with Gasteiger partial charge in [-0.3, -0.25) is 14.5 Å². The highest BCUT2D eigenvalue weighted by Gasteiger charge is 2.48. The van der Waals surface area contributed by atoms with Gasteiger partial charge in [0.2, 0.25) is 0 Å². The number of amides is 1. The molecule has 0 aliphatic carbocycles. The number of thiophene rings is 1. The number of anilines is 1. The average molecular weight is 434 g/mol. The third-order valence-corrected chi connectivity index (χ3v) is 6.73. The van der Waals surface area contributed by atoms with Crippen LogP contribution in [0.25, 0.3) is 5.76 Å². The lowest BCUT2D eigenvalue weighted by atomic mass is 9.96. The fraction of sp³-hybridized carbons (Fsp3) is 0.200. The van der Waals surface area contributed by atoms with Crippen molar-refractivity contribution in [3.05, 3.63) is 86.6 Å². The van der Waals surface area contributed by atoms with E-state index in [1.54, 1.807) is 25.3 Å². The number of carbonyl (C=O) groups excluding carboxylic acids is 2. The van der Waals surface area contributed by atoms with Gasteiger partial charge in [0.1, 0.15) is 17.6 Å². The molecular formula is C25H23NO4S. The van der Waals surface area contributed by atoms with Crippen LogP contribution < -0.4 is 9.64 Å². The van der Waals surface area contributed by atoms with Gasteiger partial charge in [-0.05, 0) is 73.2 Å². The number of methoxy groups -OCH3 is 1. The van der Waals surface area contributed by atoms with E-state index in [1.807, 2.05) is 56.5 Å². The largest absolute Gasteiger partial charge is 0.507 e. The second-order valence-electron chi connectivity index (χ2n) is 7.60. The first-order valence-corrected chi connectivity index (χ1v) is 10.8. The zero-order chi connectivity index (χ0) is 22.3. The van der Waals surface area contributed by atoms with Crippen molar-refractivity contribution in [3.8, 4) is 5.75 Å². The number of hydrogen-bond donors (Lipinski definition) is 1. The molecule has 158 valence electrons. The summed E-state index contributed by atoms with van der Waals surface area (Å²) in [6.07, 6.45) is 0. The topological polar surface area (TPSA) is 66.8 Å². The summed E-state index contributed by atoms with van der Waals surface area (Å²) in [5.41, 5.74) is 3.86. The zero-order valence-electron chi connectivity index (χ0n) is 17.8. The van der Waals surface area contributed by atoms with Crippen molar-refractivity contribution in [3.63, 3.8) is 0 Å². The zero-order valence-corrected chi connectivity index (χ0v) is 18.6. The normalized spacial score (nSPS) is 17.9. The Morgan fingerprint density at radius 3 is 2.35 bits per heavy atom. The van der Waals surface area contributed by atoms with Gasteiger partial charge in [-0.15, -0.1) is 11.3 Å². The SMILES string of the molecule is COc1ccc(/C(O)=C2\C(=O)C(=O)N(c3ccccc3C)C2c2sccc2C)c(C)c1. The summed E-state index contributed by atoms with van der Waals surface area (Å²) in [7, 11) is 1.57. The van der Waals surface area contributed by atoms with Gasteiger partial charge in [-0.1, -0.05) is 18.2 Å². The Morgan fingerprint density at radius 2 is 1.74 bits per heavy atom. The second-order valence-corrected chi connectivity index (χ2v) is 8.55. The molecule has 4 rings (SSSR count). The highest BCUT2D eigenvalue weighted by atomic mass is 32.1. The van der Waals surface area contributed by atoms with Crippen LogP contribution in [0, 0.1) is 20.8 Å². The molecule has 0 bridgehead atoms. The summed E-state index contributed by atoms with van der Waals surface area (Å²) in [5.74, 6) is -0.846. The maximum atomic E-state index is 13.2. The fourth-order valence-electron chi connectivity index (χ4n) is 4.00. The van der Waals surface area contributed by atoms with Crippen molar-refractivity contribution in [2.45, 2.75) is 26.8 Å². The molecule has 0 saturated carbocycles. The third-order valence-electron chi connectivity index (χ3n) is 5.66. The molecule has 5 nitrogen and oxygen atoms in total. The van der Waals surface area contributed by atoms with E-state index >= 15 is 0 Å². The summed E-state index contributed by atoms with van der Waals surface area (Å²) in [4.78, 5) is 28.8. The molecule has 1 atom stereocenters. The van der Waals surface area contributed by atoms with Crippen LogP contribution in [-0.4, -0.2) is 23.9 Å². The Hall–Kier alpha value is -3.38. The highest BCUT2D eigenvalue weighted by molar-refractivity contribution is 7.10. The van der Waals surface area contributed by atoms with Crippen molar-refractivity contribution in [1.29, 1.82) is 0 Å². The quantitative estimate of drug-likeness (QED) is 0.344. The van der Waals surface area contributed by atoms with E-state index in [0.29, 0.717) is 17.0 Å². The van der Waals surface area contributed by atoms with Crippen LogP contribution in [0.15, 0.2) is 59.5 Å². The van der Waals surface area contributed by atoms with Crippen molar-refractivity contribution < 1.29 is 19.4 Å².